The number of likely N-dealkylation sites (N-methyl/N-ethyl adjacent to an activating group) is 1. The zero-order chi connectivity index (χ0) is 13.8. The van der Waals surface area contributed by atoms with Crippen LogP contribution in [0.2, 0.25) is 0 Å². The average Bonchev–Trinajstić information content (AvgIpc) is 2.90. The molecule has 104 valence electrons. The summed E-state index contributed by atoms with van der Waals surface area (Å²) in [5, 5.41) is 10.8. The summed E-state index contributed by atoms with van der Waals surface area (Å²) in [5.41, 5.74) is 1.78. The number of nitro benzene ring substituents is 1. The lowest BCUT2D eigenvalue weighted by atomic mass is 10.1. The first kappa shape index (κ1) is 14.1. The Hall–Kier alpha value is -1.33. The van der Waals surface area contributed by atoms with Crippen molar-refractivity contribution in [1.29, 1.82) is 0 Å². The molecule has 1 heterocycles. The Labute approximate surface area is 117 Å². The lowest BCUT2D eigenvalue weighted by Crippen LogP contribution is -2.29. The first-order valence-corrected chi connectivity index (χ1v) is 6.81. The summed E-state index contributed by atoms with van der Waals surface area (Å²) in [5.74, 6) is 0.257. The Kier molecular flexibility index (Phi) is 4.61. The predicted molar refractivity (Wildman–Crippen MR) is 74.9 cm³/mol. The monoisotopic (exact) mass is 284 g/mol. The number of nitrogens with zero attached hydrogens (tertiary/aromatic N) is 2. The molecule has 0 saturated carbocycles. The number of halogens is 1. The fourth-order valence-electron chi connectivity index (χ4n) is 2.36. The second kappa shape index (κ2) is 6.21. The lowest BCUT2D eigenvalue weighted by Gasteiger charge is -2.24. The lowest BCUT2D eigenvalue weighted by molar-refractivity contribution is -0.384. The van der Waals surface area contributed by atoms with E-state index in [-0.39, 0.29) is 17.7 Å². The van der Waals surface area contributed by atoms with E-state index in [1.54, 1.807) is 6.07 Å². The highest BCUT2D eigenvalue weighted by atomic mass is 35.5. The van der Waals surface area contributed by atoms with Gasteiger partial charge >= 0.3 is 0 Å². The zero-order valence-corrected chi connectivity index (χ0v) is 11.6. The molecule has 0 aliphatic carbocycles. The van der Waals surface area contributed by atoms with Gasteiger partial charge in [-0.15, -0.1) is 11.6 Å². The maximum absolute atomic E-state index is 10.8. The molecule has 1 saturated heterocycles. The van der Waals surface area contributed by atoms with Crippen molar-refractivity contribution >= 4 is 23.0 Å². The minimum Gasteiger partial charge on any atom is -0.376 e. The largest absolute Gasteiger partial charge is 0.376 e. The van der Waals surface area contributed by atoms with E-state index in [2.05, 4.69) is 4.90 Å². The summed E-state index contributed by atoms with van der Waals surface area (Å²) in [6, 6.07) is 4.80. The molecule has 19 heavy (non-hydrogen) atoms. The van der Waals surface area contributed by atoms with Crippen molar-refractivity contribution in [1.82, 2.24) is 0 Å². The predicted octanol–water partition coefficient (Wildman–Crippen LogP) is 2.95. The summed E-state index contributed by atoms with van der Waals surface area (Å²) in [6.45, 7) is 1.60. The number of anilines is 1. The summed E-state index contributed by atoms with van der Waals surface area (Å²) < 4.78 is 5.60. The normalized spacial score (nSPS) is 18.5. The van der Waals surface area contributed by atoms with Gasteiger partial charge in [0.15, 0.2) is 0 Å². The summed E-state index contributed by atoms with van der Waals surface area (Å²) in [7, 11) is 1.96. The van der Waals surface area contributed by atoms with Gasteiger partial charge < -0.3 is 9.64 Å². The molecule has 0 spiro atoms. The Morgan fingerprint density at radius 2 is 2.37 bits per heavy atom. The van der Waals surface area contributed by atoms with Crippen molar-refractivity contribution in [2.75, 3.05) is 25.1 Å². The van der Waals surface area contributed by atoms with Gasteiger partial charge in [0.1, 0.15) is 0 Å². The third-order valence-corrected chi connectivity index (χ3v) is 3.62. The fourth-order valence-corrected chi connectivity index (χ4v) is 2.57. The second-order valence-electron chi connectivity index (χ2n) is 4.72. The maximum Gasteiger partial charge on any atom is 0.269 e. The van der Waals surface area contributed by atoms with Crippen molar-refractivity contribution in [3.05, 3.63) is 33.9 Å². The molecule has 1 atom stereocenters. The van der Waals surface area contributed by atoms with E-state index in [4.69, 9.17) is 16.3 Å². The molecule has 1 aliphatic heterocycles. The van der Waals surface area contributed by atoms with Crippen LogP contribution in [0.15, 0.2) is 18.2 Å². The standard InChI is InChI=1S/C13H17ClN2O3/c1-15(9-12-3-2-6-19-12)13-5-4-11(16(17)18)7-10(13)8-14/h4-5,7,12H,2-3,6,8-9H2,1H3. The van der Waals surface area contributed by atoms with Crippen LogP contribution in [0.4, 0.5) is 11.4 Å². The molecule has 2 rings (SSSR count). The molecule has 5 nitrogen and oxygen atoms in total. The van der Waals surface area contributed by atoms with Crippen LogP contribution in [0.25, 0.3) is 0 Å². The van der Waals surface area contributed by atoms with Crippen molar-refractivity contribution < 1.29 is 9.66 Å². The summed E-state index contributed by atoms with van der Waals surface area (Å²) in [4.78, 5) is 12.4. The van der Waals surface area contributed by atoms with E-state index >= 15 is 0 Å². The minimum atomic E-state index is -0.403. The van der Waals surface area contributed by atoms with Crippen LogP contribution in [-0.4, -0.2) is 31.2 Å². The highest BCUT2D eigenvalue weighted by Crippen LogP contribution is 2.27. The molecule has 0 bridgehead atoms. The quantitative estimate of drug-likeness (QED) is 0.474. The van der Waals surface area contributed by atoms with Gasteiger partial charge in [0.25, 0.3) is 5.69 Å². The number of benzene rings is 1. The van der Waals surface area contributed by atoms with Gasteiger partial charge in [-0.3, -0.25) is 10.1 Å². The smallest absolute Gasteiger partial charge is 0.269 e. The van der Waals surface area contributed by atoms with E-state index in [0.717, 1.165) is 37.2 Å². The number of hydrogen-bond donors (Lipinski definition) is 0. The summed E-state index contributed by atoms with van der Waals surface area (Å²) in [6.07, 6.45) is 2.40. The van der Waals surface area contributed by atoms with Gasteiger partial charge in [-0.05, 0) is 24.5 Å². The molecular weight excluding hydrogens is 268 g/mol. The Morgan fingerprint density at radius 3 is 2.95 bits per heavy atom. The molecular formula is C13H17ClN2O3. The van der Waals surface area contributed by atoms with Gasteiger partial charge in [-0.1, -0.05) is 0 Å². The maximum atomic E-state index is 10.8. The summed E-state index contributed by atoms with van der Waals surface area (Å²) >= 11 is 5.89. The SMILES string of the molecule is CN(CC1CCCO1)c1ccc([N+](=O)[O-])cc1CCl. The molecule has 0 N–H and O–H groups in total. The van der Waals surface area contributed by atoms with Crippen LogP contribution in [0.3, 0.4) is 0 Å². The molecule has 0 aromatic heterocycles. The minimum absolute atomic E-state index is 0.0740. The van der Waals surface area contributed by atoms with Gasteiger partial charge in [0, 0.05) is 43.9 Å². The molecule has 1 aliphatic rings. The van der Waals surface area contributed by atoms with E-state index < -0.39 is 4.92 Å². The molecule has 1 fully saturated rings. The number of non-ortho nitro benzene ring substituents is 1. The molecule has 0 amide bonds. The number of hydrogen-bond acceptors (Lipinski definition) is 4. The van der Waals surface area contributed by atoms with Gasteiger partial charge in [0.2, 0.25) is 0 Å². The van der Waals surface area contributed by atoms with E-state index in [0.29, 0.717) is 0 Å². The number of alkyl halides is 1. The van der Waals surface area contributed by atoms with Crippen molar-refractivity contribution in [2.45, 2.75) is 24.8 Å². The third-order valence-electron chi connectivity index (χ3n) is 3.33. The third kappa shape index (κ3) is 3.36. The number of nitro groups is 1. The first-order chi connectivity index (χ1) is 9.11. The Bertz CT molecular complexity index is 461. The van der Waals surface area contributed by atoms with Crippen LogP contribution >= 0.6 is 11.6 Å². The highest BCUT2D eigenvalue weighted by molar-refractivity contribution is 6.17. The van der Waals surface area contributed by atoms with Crippen molar-refractivity contribution in [3.8, 4) is 0 Å². The van der Waals surface area contributed by atoms with E-state index in [1.165, 1.54) is 12.1 Å². The van der Waals surface area contributed by atoms with Crippen LogP contribution in [-0.2, 0) is 10.6 Å². The first-order valence-electron chi connectivity index (χ1n) is 6.28. The zero-order valence-electron chi connectivity index (χ0n) is 10.8. The Balaban J connectivity index is 2.15. The highest BCUT2D eigenvalue weighted by Gasteiger charge is 2.19. The van der Waals surface area contributed by atoms with Gasteiger partial charge in [-0.2, -0.15) is 0 Å². The van der Waals surface area contributed by atoms with Crippen LogP contribution < -0.4 is 4.90 Å². The fraction of sp³-hybridized carbons (Fsp3) is 0.538. The van der Waals surface area contributed by atoms with E-state index in [1.807, 2.05) is 7.05 Å². The Morgan fingerprint density at radius 1 is 1.58 bits per heavy atom. The topological polar surface area (TPSA) is 55.6 Å². The van der Waals surface area contributed by atoms with Gasteiger partial charge in [0.05, 0.1) is 11.0 Å². The number of ether oxygens (including phenoxy) is 1. The van der Waals surface area contributed by atoms with Crippen LogP contribution in [0.5, 0.6) is 0 Å². The van der Waals surface area contributed by atoms with Crippen molar-refractivity contribution in [2.24, 2.45) is 0 Å². The molecule has 6 heteroatoms. The molecule has 0 radical (unpaired) electrons. The molecule has 1 aromatic carbocycles. The van der Waals surface area contributed by atoms with E-state index in [9.17, 15) is 10.1 Å². The van der Waals surface area contributed by atoms with Crippen LogP contribution in [0.1, 0.15) is 18.4 Å². The second-order valence-corrected chi connectivity index (χ2v) is 4.99. The molecule has 1 unspecified atom stereocenters. The van der Waals surface area contributed by atoms with Crippen molar-refractivity contribution in [3.63, 3.8) is 0 Å². The number of rotatable bonds is 5. The average molecular weight is 285 g/mol. The molecule has 1 aromatic rings. The van der Waals surface area contributed by atoms with Crippen LogP contribution in [0, 0.1) is 10.1 Å². The van der Waals surface area contributed by atoms with Gasteiger partial charge in [-0.25, -0.2) is 0 Å².